The molecule has 2 aromatic heterocycles. The summed E-state index contributed by atoms with van der Waals surface area (Å²) >= 11 is 0. The highest BCUT2D eigenvalue weighted by atomic mass is 15.0. The first kappa shape index (κ1) is 34.7. The van der Waals surface area contributed by atoms with Gasteiger partial charge in [0.2, 0.25) is 0 Å². The number of hydrogen-bond acceptors (Lipinski definition) is 1. The van der Waals surface area contributed by atoms with Crippen LogP contribution in [0.15, 0.2) is 206 Å². The lowest BCUT2D eigenvalue weighted by Crippen LogP contribution is -2.20. The normalized spacial score (nSPS) is 13.9. The number of benzene rings is 8. The van der Waals surface area contributed by atoms with Crippen molar-refractivity contribution in [1.29, 1.82) is 0 Å². The van der Waals surface area contributed by atoms with Crippen LogP contribution >= 0.6 is 0 Å². The van der Waals surface area contributed by atoms with Crippen molar-refractivity contribution in [3.05, 3.63) is 218 Å². The molecule has 1 fully saturated rings. The summed E-state index contributed by atoms with van der Waals surface area (Å²) in [6.45, 7) is 0. The standard InChI is InChI=1S/C58H42N2/c1-3-11-39(12-4-1)40-21-26-48(27-22-40)60-56-29-24-44(41-17-19-42(20-18-41)47-31-34-59-55(38-47)43-13-5-2-6-14-43)35-51(56)52-36-45(25-30-57(52)60)46-23-28-50-49-15-7-8-16-53(49)58(54(50)37-46)32-9-10-33-58/h1-8,11-31,34-38H,9-10,32-33H2. The zero-order chi connectivity index (χ0) is 39.6. The number of fused-ring (bicyclic) bond motifs is 8. The number of aromatic nitrogens is 2. The van der Waals surface area contributed by atoms with Gasteiger partial charge in [-0.1, -0.05) is 158 Å². The predicted molar refractivity (Wildman–Crippen MR) is 250 cm³/mol. The fourth-order valence-electron chi connectivity index (χ4n) is 10.5. The van der Waals surface area contributed by atoms with E-state index in [9.17, 15) is 0 Å². The number of pyridine rings is 1. The molecule has 0 atom stereocenters. The van der Waals surface area contributed by atoms with Crippen LogP contribution in [0.5, 0.6) is 0 Å². The van der Waals surface area contributed by atoms with Crippen LogP contribution in [0.2, 0.25) is 0 Å². The molecule has 8 aromatic carbocycles. The second-order valence-electron chi connectivity index (χ2n) is 16.7. The maximum atomic E-state index is 4.66. The molecule has 2 aliphatic rings. The van der Waals surface area contributed by atoms with Gasteiger partial charge in [-0.2, -0.15) is 0 Å². The third-order valence-electron chi connectivity index (χ3n) is 13.4. The SMILES string of the molecule is c1ccc(-c2ccc(-n3c4ccc(-c5ccc(-c6ccnc(-c7ccccc7)c6)cc5)cc4c4cc(-c5ccc6c(c5)C5(CCCC5)c5ccccc5-6)ccc43)cc2)cc1. The quantitative estimate of drug-likeness (QED) is 0.165. The van der Waals surface area contributed by atoms with Crippen LogP contribution in [0.4, 0.5) is 0 Å². The van der Waals surface area contributed by atoms with E-state index in [1.54, 1.807) is 0 Å². The Balaban J connectivity index is 0.974. The Morgan fingerprint density at radius 1 is 0.367 bits per heavy atom. The third kappa shape index (κ3) is 5.59. The van der Waals surface area contributed by atoms with Crippen molar-refractivity contribution in [1.82, 2.24) is 9.55 Å². The van der Waals surface area contributed by atoms with Crippen molar-refractivity contribution in [2.24, 2.45) is 0 Å². The highest BCUT2D eigenvalue weighted by Crippen LogP contribution is 2.57. The van der Waals surface area contributed by atoms with E-state index in [0.29, 0.717) is 0 Å². The molecule has 60 heavy (non-hydrogen) atoms. The van der Waals surface area contributed by atoms with E-state index in [2.05, 4.69) is 204 Å². The molecule has 10 aromatic rings. The van der Waals surface area contributed by atoms with Crippen LogP contribution < -0.4 is 0 Å². The summed E-state index contributed by atoms with van der Waals surface area (Å²) in [5.74, 6) is 0. The zero-order valence-electron chi connectivity index (χ0n) is 33.4. The summed E-state index contributed by atoms with van der Waals surface area (Å²) in [4.78, 5) is 4.66. The first-order valence-electron chi connectivity index (χ1n) is 21.3. The Labute approximate surface area is 351 Å². The minimum absolute atomic E-state index is 0.139. The van der Waals surface area contributed by atoms with E-state index in [1.807, 2.05) is 12.3 Å². The van der Waals surface area contributed by atoms with Crippen molar-refractivity contribution < 1.29 is 0 Å². The van der Waals surface area contributed by atoms with Gasteiger partial charge in [-0.3, -0.25) is 4.98 Å². The van der Waals surface area contributed by atoms with Gasteiger partial charge >= 0.3 is 0 Å². The van der Waals surface area contributed by atoms with Crippen LogP contribution in [-0.4, -0.2) is 9.55 Å². The molecule has 2 heteroatoms. The zero-order valence-corrected chi connectivity index (χ0v) is 33.4. The summed E-state index contributed by atoms with van der Waals surface area (Å²) in [5.41, 5.74) is 21.5. The highest BCUT2D eigenvalue weighted by molar-refractivity contribution is 6.11. The molecule has 0 unspecified atom stereocenters. The molecule has 2 nitrogen and oxygen atoms in total. The van der Waals surface area contributed by atoms with Gasteiger partial charge in [0.25, 0.3) is 0 Å². The lowest BCUT2D eigenvalue weighted by atomic mass is 9.76. The van der Waals surface area contributed by atoms with Crippen molar-refractivity contribution in [2.45, 2.75) is 31.1 Å². The first-order valence-corrected chi connectivity index (χ1v) is 21.3. The minimum atomic E-state index is 0.139. The predicted octanol–water partition coefficient (Wildman–Crippen LogP) is 15.4. The molecule has 0 radical (unpaired) electrons. The van der Waals surface area contributed by atoms with Gasteiger partial charge in [-0.15, -0.1) is 0 Å². The lowest BCUT2D eigenvalue weighted by Gasteiger charge is -2.27. The van der Waals surface area contributed by atoms with E-state index in [4.69, 9.17) is 0 Å². The fourth-order valence-corrected chi connectivity index (χ4v) is 10.5. The van der Waals surface area contributed by atoms with Gasteiger partial charge in [-0.25, -0.2) is 0 Å². The van der Waals surface area contributed by atoms with E-state index in [1.165, 1.54) is 109 Å². The molecule has 0 saturated heterocycles. The van der Waals surface area contributed by atoms with Gasteiger partial charge in [0.1, 0.15) is 0 Å². The summed E-state index contributed by atoms with van der Waals surface area (Å²) in [6.07, 6.45) is 6.96. The Morgan fingerprint density at radius 3 is 1.53 bits per heavy atom. The molecule has 284 valence electrons. The van der Waals surface area contributed by atoms with Crippen LogP contribution in [0, 0.1) is 0 Å². The topological polar surface area (TPSA) is 17.8 Å². The summed E-state index contributed by atoms with van der Waals surface area (Å²) in [6, 6.07) is 73.9. The molecule has 0 aliphatic heterocycles. The molecule has 2 heterocycles. The Hall–Kier alpha value is -7.29. The van der Waals surface area contributed by atoms with E-state index < -0.39 is 0 Å². The van der Waals surface area contributed by atoms with Crippen LogP contribution in [0.3, 0.4) is 0 Å². The van der Waals surface area contributed by atoms with Gasteiger partial charge in [0.15, 0.2) is 0 Å². The monoisotopic (exact) mass is 766 g/mol. The van der Waals surface area contributed by atoms with E-state index in [-0.39, 0.29) is 5.41 Å². The number of rotatable bonds is 6. The molecule has 0 N–H and O–H groups in total. The van der Waals surface area contributed by atoms with Crippen LogP contribution in [-0.2, 0) is 5.41 Å². The molecule has 2 aliphatic carbocycles. The second-order valence-corrected chi connectivity index (χ2v) is 16.7. The van der Waals surface area contributed by atoms with Gasteiger partial charge < -0.3 is 4.57 Å². The Morgan fingerprint density at radius 2 is 0.850 bits per heavy atom. The van der Waals surface area contributed by atoms with Crippen molar-refractivity contribution >= 4 is 21.8 Å². The third-order valence-corrected chi connectivity index (χ3v) is 13.4. The Kier molecular flexibility index (Phi) is 8.06. The van der Waals surface area contributed by atoms with Crippen LogP contribution in [0.25, 0.3) is 94.4 Å². The molecule has 1 spiro atoms. The number of nitrogens with zero attached hydrogens (tertiary/aromatic N) is 2. The van der Waals surface area contributed by atoms with Crippen molar-refractivity contribution in [3.63, 3.8) is 0 Å². The molecule has 0 bridgehead atoms. The summed E-state index contributed by atoms with van der Waals surface area (Å²) in [7, 11) is 0. The molecule has 12 rings (SSSR count). The molecular weight excluding hydrogens is 725 g/mol. The second kappa shape index (κ2) is 13.9. The largest absolute Gasteiger partial charge is 0.309 e. The van der Waals surface area contributed by atoms with Crippen LogP contribution in [0.1, 0.15) is 36.8 Å². The molecule has 0 amide bonds. The Bertz CT molecular complexity index is 3220. The number of hydrogen-bond donors (Lipinski definition) is 0. The minimum Gasteiger partial charge on any atom is -0.309 e. The average Bonchev–Trinajstić information content (AvgIpc) is 4.03. The van der Waals surface area contributed by atoms with Gasteiger partial charge in [0.05, 0.1) is 16.7 Å². The van der Waals surface area contributed by atoms with Crippen molar-refractivity contribution in [2.75, 3.05) is 0 Å². The van der Waals surface area contributed by atoms with E-state index in [0.717, 1.165) is 22.5 Å². The fraction of sp³-hybridized carbons (Fsp3) is 0.0862. The lowest BCUT2D eigenvalue weighted by molar-refractivity contribution is 0.550. The summed E-state index contributed by atoms with van der Waals surface area (Å²) < 4.78 is 2.44. The summed E-state index contributed by atoms with van der Waals surface area (Å²) in [5, 5.41) is 2.51. The van der Waals surface area contributed by atoms with Crippen molar-refractivity contribution in [3.8, 4) is 72.6 Å². The highest BCUT2D eigenvalue weighted by Gasteiger charge is 2.44. The van der Waals surface area contributed by atoms with Gasteiger partial charge in [0, 0.05) is 33.6 Å². The molecule has 1 saturated carbocycles. The maximum absolute atomic E-state index is 4.66. The maximum Gasteiger partial charge on any atom is 0.0708 e. The average molecular weight is 767 g/mol. The first-order chi connectivity index (χ1) is 29.7. The molecular formula is C58H42N2. The smallest absolute Gasteiger partial charge is 0.0708 e. The van der Waals surface area contributed by atoms with Gasteiger partial charge in [-0.05, 0) is 134 Å². The van der Waals surface area contributed by atoms with E-state index >= 15 is 0 Å².